The Balaban J connectivity index is 0.000000217. The maximum atomic E-state index is 12.8. The Hall–Kier alpha value is -6.40. The van der Waals surface area contributed by atoms with Crippen molar-refractivity contribution in [1.29, 1.82) is 0 Å². The van der Waals surface area contributed by atoms with Crippen LogP contribution in [0.3, 0.4) is 0 Å². The van der Waals surface area contributed by atoms with Crippen molar-refractivity contribution in [3.05, 3.63) is 285 Å². The Morgan fingerprint density at radius 3 is 1.25 bits per heavy atom. The Kier molecular flexibility index (Phi) is 27.5. The zero-order chi connectivity index (χ0) is 49.6. The molecular formula is C66H52FIr4N5-4. The van der Waals surface area contributed by atoms with Gasteiger partial charge in [0, 0.05) is 117 Å². The smallest absolute Gasteiger partial charge is 0.0518 e. The van der Waals surface area contributed by atoms with Gasteiger partial charge in [-0.25, -0.2) is 0 Å². The van der Waals surface area contributed by atoms with Crippen molar-refractivity contribution in [2.75, 3.05) is 0 Å². The van der Waals surface area contributed by atoms with Crippen molar-refractivity contribution < 1.29 is 84.8 Å². The largest absolute Gasteiger partial charge is 0.305 e. The summed E-state index contributed by atoms with van der Waals surface area (Å²) in [5, 5.41) is 0. The molecule has 0 aliphatic heterocycles. The van der Waals surface area contributed by atoms with Gasteiger partial charge in [-0.15, -0.1) is 130 Å². The number of aromatic nitrogens is 5. The molecule has 4 radical (unpaired) electrons. The van der Waals surface area contributed by atoms with Crippen LogP contribution in [0.15, 0.2) is 243 Å². The molecule has 10 heteroatoms. The maximum absolute atomic E-state index is 12.8. The zero-order valence-electron chi connectivity index (χ0n) is 41.7. The van der Waals surface area contributed by atoms with Crippen LogP contribution in [0.25, 0.3) is 78.5 Å². The fraction of sp³-hybridized carbons (Fsp3) is 0.0758. The van der Waals surface area contributed by atoms with E-state index in [1.54, 1.807) is 24.8 Å². The quantitative estimate of drug-likeness (QED) is 0.128. The first-order chi connectivity index (χ1) is 35.5. The van der Waals surface area contributed by atoms with Crippen LogP contribution in [0.4, 0.5) is 4.39 Å². The molecule has 5 aromatic heterocycles. The average Bonchev–Trinajstić information content (AvgIpc) is 3.47. The van der Waals surface area contributed by atoms with E-state index in [2.05, 4.69) is 123 Å². The number of benzene rings is 6. The molecule has 5 heterocycles. The monoisotopic (exact) mass is 1710 g/mol. The molecule has 388 valence electrons. The summed E-state index contributed by atoms with van der Waals surface area (Å²) >= 11 is 0. The first-order valence-electron chi connectivity index (χ1n) is 24.0. The first kappa shape index (κ1) is 62.1. The van der Waals surface area contributed by atoms with Crippen molar-refractivity contribution in [3.8, 4) is 78.5 Å². The average molecular weight is 1700 g/mol. The normalized spacial score (nSPS) is 9.78. The van der Waals surface area contributed by atoms with Crippen LogP contribution in [0.2, 0.25) is 0 Å². The molecule has 0 saturated carbocycles. The Morgan fingerprint density at radius 1 is 0.382 bits per heavy atom. The van der Waals surface area contributed by atoms with Crippen molar-refractivity contribution >= 4 is 0 Å². The van der Waals surface area contributed by atoms with E-state index in [4.69, 9.17) is 0 Å². The summed E-state index contributed by atoms with van der Waals surface area (Å²) in [5.41, 5.74) is 16.8. The van der Waals surface area contributed by atoms with E-state index < -0.39 is 0 Å². The summed E-state index contributed by atoms with van der Waals surface area (Å²) in [4.78, 5) is 21.6. The third-order valence-corrected chi connectivity index (χ3v) is 11.4. The molecule has 76 heavy (non-hydrogen) atoms. The van der Waals surface area contributed by atoms with Gasteiger partial charge in [0.25, 0.3) is 0 Å². The minimum atomic E-state index is -0.262. The molecule has 5 nitrogen and oxygen atoms in total. The third kappa shape index (κ3) is 18.7. The van der Waals surface area contributed by atoms with Gasteiger partial charge >= 0.3 is 0 Å². The molecule has 0 saturated heterocycles. The van der Waals surface area contributed by atoms with E-state index in [9.17, 15) is 4.39 Å². The fourth-order valence-electron chi connectivity index (χ4n) is 7.74. The topological polar surface area (TPSA) is 64.5 Å². The van der Waals surface area contributed by atoms with Crippen molar-refractivity contribution in [2.24, 2.45) is 0 Å². The van der Waals surface area contributed by atoms with Gasteiger partial charge in [0.15, 0.2) is 0 Å². The number of aryl methyl sites for hydroxylation is 2. The summed E-state index contributed by atoms with van der Waals surface area (Å²) in [6, 6.07) is 82.3. The predicted octanol–water partition coefficient (Wildman–Crippen LogP) is 16.4. The van der Waals surface area contributed by atoms with Crippen LogP contribution in [-0.2, 0) is 86.8 Å². The Bertz CT molecular complexity index is 3130. The van der Waals surface area contributed by atoms with Gasteiger partial charge in [-0.1, -0.05) is 135 Å². The standard InChI is InChI=1S/C21H20N.C17H12N.C16H11N2.C12H9FN.4Ir/c1-2-3-8-17-9-6-10-18(15-17)19-11-7-12-20(16-19)21-13-4-5-14-22-21;1-2-7-14(8-3-1)15-9-6-10-16(13-15)17-11-4-5-12-18-17;1-3-10-17-15(8-1)13-6-5-7-14(12-13)16-9-2-4-11-18-16;1-9-8-10(13)5-6-11(9)12-4-2-3-7-14-12;;;;/h4-7,9-11,13-16H,2-3,8H2,1H3;1-9,11-13H;1-6,8-12H;2-5,7-8H,1H3;;;;/q4*-1;;;;. The Morgan fingerprint density at radius 2 is 0.789 bits per heavy atom. The van der Waals surface area contributed by atoms with Gasteiger partial charge in [0.2, 0.25) is 0 Å². The number of hydrogen-bond acceptors (Lipinski definition) is 5. The second-order valence-electron chi connectivity index (χ2n) is 16.6. The van der Waals surface area contributed by atoms with Gasteiger partial charge in [-0.2, -0.15) is 0 Å². The molecule has 0 fully saturated rings. The van der Waals surface area contributed by atoms with Crippen LogP contribution in [0.1, 0.15) is 30.9 Å². The van der Waals surface area contributed by atoms with E-state index in [1.165, 1.54) is 52.8 Å². The number of nitrogens with zero attached hydrogens (tertiary/aromatic N) is 5. The predicted molar refractivity (Wildman–Crippen MR) is 291 cm³/mol. The summed E-state index contributed by atoms with van der Waals surface area (Å²) in [6.45, 7) is 4.08. The summed E-state index contributed by atoms with van der Waals surface area (Å²) in [6.07, 6.45) is 12.5. The molecule has 0 spiro atoms. The minimum absolute atomic E-state index is 0. The fourth-order valence-corrected chi connectivity index (χ4v) is 7.74. The van der Waals surface area contributed by atoms with Crippen LogP contribution < -0.4 is 0 Å². The van der Waals surface area contributed by atoms with Crippen LogP contribution in [-0.4, -0.2) is 24.9 Å². The van der Waals surface area contributed by atoms with E-state index in [0.29, 0.717) is 0 Å². The number of rotatable bonds is 10. The number of halogens is 1. The zero-order valence-corrected chi connectivity index (χ0v) is 51.2. The molecule has 0 aliphatic carbocycles. The van der Waals surface area contributed by atoms with Crippen molar-refractivity contribution in [1.82, 2.24) is 24.9 Å². The summed E-state index contributed by atoms with van der Waals surface area (Å²) in [5.74, 6) is -0.262. The second kappa shape index (κ2) is 33.6. The molecule has 11 aromatic rings. The SMILES string of the molecule is CCCCc1cccc(-c2cc[c-]c(-c3ccccn3)c2)c1.Cc1cc(F)c[c-]c1-c1ccccn1.[Ir].[Ir].[Ir].[Ir].[c-]1ccc(-c2ccccc2)cc1-c1ccccn1.[c-]1ccc(-c2ccccn2)cc1-c1ccccn1. The summed E-state index contributed by atoms with van der Waals surface area (Å²) < 4.78 is 12.8. The van der Waals surface area contributed by atoms with Crippen molar-refractivity contribution in [2.45, 2.75) is 33.1 Å². The number of pyridine rings is 5. The molecule has 0 bridgehead atoms. The summed E-state index contributed by atoms with van der Waals surface area (Å²) in [7, 11) is 0. The maximum Gasteiger partial charge on any atom is 0.0518 e. The molecule has 0 amide bonds. The molecule has 0 atom stereocenters. The van der Waals surface area contributed by atoms with E-state index in [1.807, 2.05) is 147 Å². The second-order valence-corrected chi connectivity index (χ2v) is 16.6. The minimum Gasteiger partial charge on any atom is -0.305 e. The third-order valence-electron chi connectivity index (χ3n) is 11.4. The van der Waals surface area contributed by atoms with Gasteiger partial charge in [0.1, 0.15) is 0 Å². The van der Waals surface area contributed by atoms with E-state index in [-0.39, 0.29) is 86.2 Å². The molecule has 0 N–H and O–H groups in total. The molecule has 6 aromatic carbocycles. The van der Waals surface area contributed by atoms with Crippen LogP contribution >= 0.6 is 0 Å². The van der Waals surface area contributed by atoms with Crippen LogP contribution in [0.5, 0.6) is 0 Å². The van der Waals surface area contributed by atoms with Gasteiger partial charge in [-0.3, -0.25) is 9.37 Å². The Labute approximate surface area is 501 Å². The first-order valence-corrected chi connectivity index (χ1v) is 24.0. The van der Waals surface area contributed by atoms with Crippen molar-refractivity contribution in [3.63, 3.8) is 0 Å². The van der Waals surface area contributed by atoms with Gasteiger partial charge < -0.3 is 19.9 Å². The molecule has 0 unspecified atom stereocenters. The van der Waals surface area contributed by atoms with Gasteiger partial charge in [0.05, 0.1) is 5.69 Å². The van der Waals surface area contributed by atoms with E-state index in [0.717, 1.165) is 68.3 Å². The van der Waals surface area contributed by atoms with Gasteiger partial charge in [-0.05, 0) is 88.7 Å². The molecular weight excluding hydrogens is 1650 g/mol. The number of unbranched alkanes of at least 4 members (excludes halogenated alkanes) is 1. The van der Waals surface area contributed by atoms with E-state index >= 15 is 0 Å². The molecule has 0 aliphatic rings. The van der Waals surface area contributed by atoms with Crippen LogP contribution in [0, 0.1) is 37.0 Å². The molecule has 11 rings (SSSR count). The number of hydrogen-bond donors (Lipinski definition) is 0.